The number of aryl methyl sites for hydroxylation is 2. The van der Waals surface area contributed by atoms with Crippen LogP contribution in [0.15, 0.2) is 161 Å². The molecule has 6 aromatic rings. The lowest BCUT2D eigenvalue weighted by molar-refractivity contribution is 0.178. The molecule has 2 aliphatic rings. The SMILES string of the molecule is CCCCCCc1ccccc1C1(C2(c3ccccc3CCCCCC)N=C(c3ccc(OC)cc3)C(c3ccc(OC)cc3)(c3ccc(OC)cc3)N2)N=CC(c2ccc(OC)cc2)=N1. The Kier molecular flexibility index (Phi) is 14.5. The normalized spacial score (nSPS) is 18.5. The fraction of sp³-hybridized carbons (Fsp3) is 0.328. The van der Waals surface area contributed by atoms with Gasteiger partial charge in [-0.15, -0.1) is 0 Å². The molecule has 340 valence electrons. The van der Waals surface area contributed by atoms with Crippen LogP contribution in [0.1, 0.15) is 110 Å². The molecule has 0 saturated carbocycles. The summed E-state index contributed by atoms with van der Waals surface area (Å²) in [5.41, 5.74) is 6.18. The van der Waals surface area contributed by atoms with Crippen LogP contribution in [0.4, 0.5) is 0 Å². The molecule has 8 rings (SSSR count). The van der Waals surface area contributed by atoms with Crippen molar-refractivity contribution < 1.29 is 18.9 Å². The second kappa shape index (κ2) is 20.8. The van der Waals surface area contributed by atoms with E-state index < -0.39 is 16.9 Å². The van der Waals surface area contributed by atoms with Gasteiger partial charge in [-0.2, -0.15) is 0 Å². The molecule has 0 aliphatic carbocycles. The van der Waals surface area contributed by atoms with E-state index in [0.29, 0.717) is 0 Å². The molecule has 0 saturated heterocycles. The number of nitrogens with one attached hydrogen (secondary N) is 1. The highest BCUT2D eigenvalue weighted by Crippen LogP contribution is 2.57. The third kappa shape index (κ3) is 8.79. The lowest BCUT2D eigenvalue weighted by atomic mass is 9.74. The standard InChI is InChI=1S/C58H64N4O4/c1-7-9-11-13-19-42-21-15-17-23-52(42)57(59-41-54(60-57)44-25-33-48(63-3)34-26-44)58(53-24-18-16-22-43(53)20-14-12-10-8-2)61-55(45-27-35-49(64-4)36-28-45)56(62-58,46-29-37-50(65-5)38-30-46)47-31-39-51(66-6)40-32-47/h15-18,21-41,62H,7-14,19-20H2,1-6H3. The number of benzene rings is 6. The Morgan fingerprint density at radius 1 is 0.455 bits per heavy atom. The number of hydrogen-bond donors (Lipinski definition) is 1. The minimum absolute atomic E-state index is 0.760. The molecule has 2 aliphatic heterocycles. The summed E-state index contributed by atoms with van der Waals surface area (Å²) in [5, 5.41) is 4.48. The number of nitrogens with zero attached hydrogens (tertiary/aromatic N) is 3. The Balaban J connectivity index is 1.51. The van der Waals surface area contributed by atoms with Gasteiger partial charge in [-0.05, 0) is 126 Å². The molecular weight excluding hydrogens is 817 g/mol. The molecule has 0 spiro atoms. The molecule has 8 heteroatoms. The van der Waals surface area contributed by atoms with E-state index >= 15 is 0 Å². The van der Waals surface area contributed by atoms with Gasteiger partial charge in [0, 0.05) is 16.7 Å². The zero-order valence-electron chi connectivity index (χ0n) is 39.5. The predicted molar refractivity (Wildman–Crippen MR) is 269 cm³/mol. The molecule has 2 atom stereocenters. The van der Waals surface area contributed by atoms with Gasteiger partial charge in [-0.25, -0.2) is 4.99 Å². The maximum atomic E-state index is 6.31. The van der Waals surface area contributed by atoms with Crippen molar-refractivity contribution in [2.24, 2.45) is 15.0 Å². The number of hydrogen-bond acceptors (Lipinski definition) is 8. The lowest BCUT2D eigenvalue weighted by Gasteiger charge is -2.45. The van der Waals surface area contributed by atoms with E-state index in [2.05, 4.69) is 116 Å². The molecule has 2 heterocycles. The van der Waals surface area contributed by atoms with E-state index in [1.54, 1.807) is 28.4 Å². The summed E-state index contributed by atoms with van der Waals surface area (Å²) in [5.74, 6) is 3.06. The summed E-state index contributed by atoms with van der Waals surface area (Å²) < 4.78 is 22.9. The molecule has 0 amide bonds. The van der Waals surface area contributed by atoms with Gasteiger partial charge in [0.25, 0.3) is 0 Å². The second-order valence-electron chi connectivity index (χ2n) is 17.3. The van der Waals surface area contributed by atoms with Gasteiger partial charge in [0.2, 0.25) is 5.66 Å². The minimum atomic E-state index is -1.33. The van der Waals surface area contributed by atoms with E-state index in [1.165, 1.54) is 24.0 Å². The third-order valence-corrected chi connectivity index (χ3v) is 13.4. The van der Waals surface area contributed by atoms with E-state index in [9.17, 15) is 0 Å². The predicted octanol–water partition coefficient (Wildman–Crippen LogP) is 12.6. The van der Waals surface area contributed by atoms with Crippen molar-refractivity contribution in [2.75, 3.05) is 28.4 Å². The summed E-state index contributed by atoms with van der Waals surface area (Å²) >= 11 is 0. The molecular formula is C58H64N4O4. The smallest absolute Gasteiger partial charge is 0.218 e. The highest BCUT2D eigenvalue weighted by Gasteiger charge is 2.65. The van der Waals surface area contributed by atoms with Crippen molar-refractivity contribution in [2.45, 2.75) is 94.9 Å². The Morgan fingerprint density at radius 3 is 1.38 bits per heavy atom. The van der Waals surface area contributed by atoms with E-state index in [4.69, 9.17) is 33.9 Å². The summed E-state index contributed by atoms with van der Waals surface area (Å²) in [6.45, 7) is 4.52. The van der Waals surface area contributed by atoms with Crippen molar-refractivity contribution in [3.63, 3.8) is 0 Å². The highest BCUT2D eigenvalue weighted by atomic mass is 16.5. The summed E-state index contributed by atoms with van der Waals surface area (Å²) in [6.07, 6.45) is 12.8. The first-order valence-electron chi connectivity index (χ1n) is 23.7. The van der Waals surface area contributed by atoms with Gasteiger partial charge < -0.3 is 18.9 Å². The van der Waals surface area contributed by atoms with Crippen LogP contribution >= 0.6 is 0 Å². The molecule has 8 nitrogen and oxygen atoms in total. The van der Waals surface area contributed by atoms with Crippen LogP contribution in [0.2, 0.25) is 0 Å². The molecule has 0 bridgehead atoms. The first-order valence-corrected chi connectivity index (χ1v) is 23.7. The van der Waals surface area contributed by atoms with Crippen LogP contribution in [0, 0.1) is 0 Å². The van der Waals surface area contributed by atoms with Crippen LogP contribution in [0.3, 0.4) is 0 Å². The largest absolute Gasteiger partial charge is 0.497 e. The molecule has 1 N–H and O–H groups in total. The Morgan fingerprint density at radius 2 is 0.894 bits per heavy atom. The first-order chi connectivity index (χ1) is 32.4. The van der Waals surface area contributed by atoms with Crippen molar-refractivity contribution in [3.8, 4) is 23.0 Å². The lowest BCUT2D eigenvalue weighted by Crippen LogP contribution is -2.60. The summed E-state index contributed by atoms with van der Waals surface area (Å²) in [6, 6.07) is 50.8. The second-order valence-corrected chi connectivity index (χ2v) is 17.3. The Labute approximate surface area is 391 Å². The Bertz CT molecular complexity index is 2590. The molecule has 66 heavy (non-hydrogen) atoms. The van der Waals surface area contributed by atoms with Gasteiger partial charge in [-0.3, -0.25) is 15.3 Å². The quantitative estimate of drug-likeness (QED) is 0.0728. The number of methoxy groups -OCH3 is 4. The third-order valence-electron chi connectivity index (χ3n) is 13.4. The van der Waals surface area contributed by atoms with E-state index in [-0.39, 0.29) is 0 Å². The Hall–Kier alpha value is -6.51. The molecule has 0 radical (unpaired) electrons. The molecule has 2 unspecified atom stereocenters. The van der Waals surface area contributed by atoms with Crippen molar-refractivity contribution in [3.05, 3.63) is 190 Å². The number of aliphatic imine (C=N–C) groups is 3. The minimum Gasteiger partial charge on any atom is -0.497 e. The van der Waals surface area contributed by atoms with Crippen LogP contribution < -0.4 is 24.3 Å². The fourth-order valence-electron chi connectivity index (χ4n) is 9.83. The first kappa shape index (κ1) is 46.0. The maximum Gasteiger partial charge on any atom is 0.218 e. The molecule has 0 fully saturated rings. The zero-order chi connectivity index (χ0) is 46.0. The van der Waals surface area contributed by atoms with Crippen LogP contribution in [0.5, 0.6) is 23.0 Å². The molecule has 6 aromatic carbocycles. The number of rotatable bonds is 21. The number of ether oxygens (including phenoxy) is 4. The average molecular weight is 881 g/mol. The van der Waals surface area contributed by atoms with Crippen LogP contribution in [-0.4, -0.2) is 46.1 Å². The van der Waals surface area contributed by atoms with Crippen molar-refractivity contribution >= 4 is 17.6 Å². The van der Waals surface area contributed by atoms with Crippen LogP contribution in [0.25, 0.3) is 0 Å². The zero-order valence-corrected chi connectivity index (χ0v) is 39.5. The summed E-state index contributed by atoms with van der Waals surface area (Å²) in [4.78, 5) is 18.1. The maximum absolute atomic E-state index is 6.31. The topological polar surface area (TPSA) is 86.0 Å². The number of unbranched alkanes of at least 4 members (excludes halogenated alkanes) is 6. The fourth-order valence-corrected chi connectivity index (χ4v) is 9.83. The summed E-state index contributed by atoms with van der Waals surface area (Å²) in [7, 11) is 6.80. The van der Waals surface area contributed by atoms with Crippen LogP contribution in [-0.2, 0) is 29.7 Å². The van der Waals surface area contributed by atoms with Gasteiger partial charge in [0.1, 0.15) is 28.5 Å². The van der Waals surface area contributed by atoms with Gasteiger partial charge >= 0.3 is 0 Å². The van der Waals surface area contributed by atoms with Crippen molar-refractivity contribution in [1.82, 2.24) is 5.32 Å². The molecule has 0 aromatic heterocycles. The van der Waals surface area contributed by atoms with Gasteiger partial charge in [0.05, 0.1) is 46.1 Å². The van der Waals surface area contributed by atoms with E-state index in [0.717, 1.165) is 119 Å². The highest BCUT2D eigenvalue weighted by molar-refractivity contribution is 6.39. The van der Waals surface area contributed by atoms with E-state index in [1.807, 2.05) is 54.7 Å². The average Bonchev–Trinajstić information content (AvgIpc) is 4.00. The monoisotopic (exact) mass is 880 g/mol. The van der Waals surface area contributed by atoms with Gasteiger partial charge in [-0.1, -0.05) is 125 Å². The van der Waals surface area contributed by atoms with Crippen molar-refractivity contribution in [1.29, 1.82) is 0 Å². The van der Waals surface area contributed by atoms with Gasteiger partial charge in [0.15, 0.2) is 5.66 Å².